The molecule has 0 radical (unpaired) electrons. The zero-order valence-corrected chi connectivity index (χ0v) is 50.1. The molecule has 2 unspecified atom stereocenters. The number of ether oxygens (including phenoxy) is 4. The summed E-state index contributed by atoms with van der Waals surface area (Å²) in [7, 11) is 5.91. The van der Waals surface area contributed by atoms with Crippen LogP contribution in [-0.4, -0.2) is 82.3 Å². The molecule has 0 rings (SSSR count). The van der Waals surface area contributed by atoms with Crippen molar-refractivity contribution in [2.24, 2.45) is 0 Å². The largest absolute Gasteiger partial charge is 0.545 e. The third-order valence-corrected chi connectivity index (χ3v) is 13.7. The fraction of sp³-hybridized carbons (Fsp3) is 0.776. The SMILES string of the molecule is CC/C=C\C/C=C\C/C=C\C/C=C\C/C=C\C/C=C\CCCCC(=O)OC(COC(=O)CCCCCCCCCCCCCCCCCCCCCCCCCCCCCCCC)COC(OCC[N+](C)(C)C)C(=O)[O-]. The van der Waals surface area contributed by atoms with Crippen LogP contribution in [0.4, 0.5) is 0 Å². The van der Waals surface area contributed by atoms with Gasteiger partial charge in [-0.25, -0.2) is 0 Å². The Hall–Kier alpha value is -3.27. The topological polar surface area (TPSA) is 111 Å². The summed E-state index contributed by atoms with van der Waals surface area (Å²) in [4.78, 5) is 37.3. The number of carboxylic acid groups (broad SMARTS) is 1. The maximum atomic E-state index is 12.9. The van der Waals surface area contributed by atoms with Crippen molar-refractivity contribution in [2.45, 2.75) is 289 Å². The van der Waals surface area contributed by atoms with E-state index in [2.05, 4.69) is 86.8 Å². The molecule has 0 heterocycles. The summed E-state index contributed by atoms with van der Waals surface area (Å²) >= 11 is 0. The highest BCUT2D eigenvalue weighted by molar-refractivity contribution is 5.70. The molecule has 0 aromatic heterocycles. The van der Waals surface area contributed by atoms with Crippen molar-refractivity contribution < 1.29 is 42.9 Å². The molecule has 0 saturated heterocycles. The highest BCUT2D eigenvalue weighted by Gasteiger charge is 2.22. The summed E-state index contributed by atoms with van der Waals surface area (Å²) in [5.41, 5.74) is 0. The molecular formula is C67H119NO8. The second-order valence-corrected chi connectivity index (χ2v) is 22.3. The van der Waals surface area contributed by atoms with Gasteiger partial charge in [-0.3, -0.25) is 9.59 Å². The van der Waals surface area contributed by atoms with Crippen LogP contribution in [0, 0.1) is 0 Å². The fourth-order valence-corrected chi connectivity index (χ4v) is 8.89. The Kier molecular flexibility index (Phi) is 55.4. The summed E-state index contributed by atoms with van der Waals surface area (Å²) < 4.78 is 22.7. The van der Waals surface area contributed by atoms with E-state index in [1.54, 1.807) is 0 Å². The van der Waals surface area contributed by atoms with Gasteiger partial charge in [0.05, 0.1) is 40.3 Å². The van der Waals surface area contributed by atoms with Crippen molar-refractivity contribution in [1.29, 1.82) is 0 Å². The number of carboxylic acids is 1. The molecule has 0 spiro atoms. The van der Waals surface area contributed by atoms with E-state index < -0.39 is 24.3 Å². The summed E-state index contributed by atoms with van der Waals surface area (Å²) in [6.07, 6.45) is 72.7. The average molecular weight is 1070 g/mol. The number of carbonyl (C=O) groups excluding carboxylic acids is 3. The zero-order chi connectivity index (χ0) is 55.5. The molecular weight excluding hydrogens is 947 g/mol. The molecule has 440 valence electrons. The lowest BCUT2D eigenvalue weighted by Crippen LogP contribution is -2.44. The van der Waals surface area contributed by atoms with Gasteiger partial charge in [-0.05, 0) is 64.2 Å². The molecule has 0 aromatic carbocycles. The van der Waals surface area contributed by atoms with Gasteiger partial charge in [0.15, 0.2) is 12.4 Å². The fourth-order valence-electron chi connectivity index (χ4n) is 8.89. The zero-order valence-electron chi connectivity index (χ0n) is 50.1. The third kappa shape index (κ3) is 58.4. The van der Waals surface area contributed by atoms with Crippen LogP contribution in [0.15, 0.2) is 72.9 Å². The monoisotopic (exact) mass is 1070 g/mol. The van der Waals surface area contributed by atoms with Crippen molar-refractivity contribution >= 4 is 17.9 Å². The molecule has 0 bridgehead atoms. The second kappa shape index (κ2) is 57.9. The summed E-state index contributed by atoms with van der Waals surface area (Å²) in [5, 5.41) is 11.8. The van der Waals surface area contributed by atoms with Crippen molar-refractivity contribution in [2.75, 3.05) is 47.5 Å². The van der Waals surface area contributed by atoms with Crippen molar-refractivity contribution in [3.05, 3.63) is 72.9 Å². The van der Waals surface area contributed by atoms with E-state index in [-0.39, 0.29) is 38.6 Å². The van der Waals surface area contributed by atoms with E-state index >= 15 is 0 Å². The van der Waals surface area contributed by atoms with Gasteiger partial charge in [-0.2, -0.15) is 0 Å². The van der Waals surface area contributed by atoms with E-state index in [0.29, 0.717) is 17.4 Å². The van der Waals surface area contributed by atoms with Gasteiger partial charge in [-0.15, -0.1) is 0 Å². The van der Waals surface area contributed by atoms with Gasteiger partial charge in [0.1, 0.15) is 13.2 Å². The lowest BCUT2D eigenvalue weighted by Gasteiger charge is -2.26. The molecule has 0 saturated carbocycles. The Morgan fingerprint density at radius 1 is 0.408 bits per heavy atom. The van der Waals surface area contributed by atoms with Gasteiger partial charge >= 0.3 is 11.9 Å². The molecule has 9 nitrogen and oxygen atoms in total. The Morgan fingerprint density at radius 2 is 0.750 bits per heavy atom. The Morgan fingerprint density at radius 3 is 1.12 bits per heavy atom. The van der Waals surface area contributed by atoms with E-state index in [9.17, 15) is 19.5 Å². The Labute approximate surface area is 468 Å². The standard InChI is InChI=1S/C67H119NO8/c1-6-8-10-12-14-16-18-20-22-24-26-28-29-30-31-32-33-34-35-36-38-39-41-43-45-47-49-51-53-55-57-64(69)74-61-63(62-75-67(66(71)72)73-60-59-68(3,4)5)76-65(70)58-56-54-52-50-48-46-44-42-40-37-27-25-23-21-19-17-15-13-11-9-7-2/h9,11,15,17,21,23,27,37,42,44,48,50,63,67H,6-8,10,12-14,16,18-20,22,24-26,28-36,38-41,43,45-47,49,51-62H2,1-5H3/b11-9-,17-15-,23-21-,37-27-,44-42-,50-48-. The maximum absolute atomic E-state index is 12.9. The lowest BCUT2D eigenvalue weighted by atomic mass is 10.0. The number of carbonyl (C=O) groups is 3. The highest BCUT2D eigenvalue weighted by Crippen LogP contribution is 2.17. The molecule has 76 heavy (non-hydrogen) atoms. The summed E-state index contributed by atoms with van der Waals surface area (Å²) in [5.74, 6) is -2.34. The molecule has 0 aliphatic rings. The first-order valence-corrected chi connectivity index (χ1v) is 31.6. The van der Waals surface area contributed by atoms with Gasteiger partial charge < -0.3 is 33.3 Å². The first kappa shape index (κ1) is 72.7. The van der Waals surface area contributed by atoms with Gasteiger partial charge in [-0.1, -0.05) is 273 Å². The van der Waals surface area contributed by atoms with Crippen LogP contribution in [0.25, 0.3) is 0 Å². The van der Waals surface area contributed by atoms with Crippen LogP contribution >= 0.6 is 0 Å². The smallest absolute Gasteiger partial charge is 0.306 e. The third-order valence-electron chi connectivity index (χ3n) is 13.7. The van der Waals surface area contributed by atoms with Crippen LogP contribution < -0.4 is 5.11 Å². The number of hydrogen-bond acceptors (Lipinski definition) is 8. The predicted molar refractivity (Wildman–Crippen MR) is 320 cm³/mol. The first-order valence-electron chi connectivity index (χ1n) is 31.6. The number of aliphatic carboxylic acids is 1. The molecule has 0 fully saturated rings. The molecule has 0 N–H and O–H groups in total. The molecule has 0 amide bonds. The molecule has 0 aliphatic carbocycles. The van der Waals surface area contributed by atoms with Crippen LogP contribution in [0.5, 0.6) is 0 Å². The molecule has 2 atom stereocenters. The lowest BCUT2D eigenvalue weighted by molar-refractivity contribution is -0.870. The first-order chi connectivity index (χ1) is 37.1. The van der Waals surface area contributed by atoms with Crippen molar-refractivity contribution in [1.82, 2.24) is 0 Å². The normalized spacial score (nSPS) is 13.2. The van der Waals surface area contributed by atoms with E-state index in [1.165, 1.54) is 173 Å². The van der Waals surface area contributed by atoms with Gasteiger partial charge in [0, 0.05) is 12.8 Å². The Bertz CT molecular complexity index is 1470. The van der Waals surface area contributed by atoms with Gasteiger partial charge in [0.2, 0.25) is 0 Å². The van der Waals surface area contributed by atoms with E-state index in [1.807, 2.05) is 21.1 Å². The molecule has 0 aromatic rings. The van der Waals surface area contributed by atoms with E-state index in [4.69, 9.17) is 18.9 Å². The highest BCUT2D eigenvalue weighted by atomic mass is 16.7. The summed E-state index contributed by atoms with van der Waals surface area (Å²) in [6.45, 7) is 4.61. The van der Waals surface area contributed by atoms with Gasteiger partial charge in [0.25, 0.3) is 0 Å². The van der Waals surface area contributed by atoms with E-state index in [0.717, 1.165) is 70.6 Å². The average Bonchev–Trinajstić information content (AvgIpc) is 3.39. The van der Waals surface area contributed by atoms with Crippen molar-refractivity contribution in [3.8, 4) is 0 Å². The Balaban J connectivity index is 4.18. The number of likely N-dealkylation sites (N-methyl/N-ethyl adjacent to an activating group) is 1. The number of quaternary nitrogens is 1. The molecule has 0 aliphatic heterocycles. The van der Waals surface area contributed by atoms with Crippen LogP contribution in [-0.2, 0) is 33.3 Å². The number of unbranched alkanes of at least 4 members (excludes halogenated alkanes) is 31. The number of nitrogens with zero attached hydrogens (tertiary/aromatic N) is 1. The van der Waals surface area contributed by atoms with Crippen LogP contribution in [0.1, 0.15) is 277 Å². The molecule has 9 heteroatoms. The predicted octanol–water partition coefficient (Wildman–Crippen LogP) is 17.6. The number of allylic oxidation sites excluding steroid dienone is 12. The van der Waals surface area contributed by atoms with Crippen LogP contribution in [0.3, 0.4) is 0 Å². The minimum absolute atomic E-state index is 0.137. The van der Waals surface area contributed by atoms with Crippen molar-refractivity contribution in [3.63, 3.8) is 0 Å². The number of esters is 2. The number of rotatable bonds is 58. The second-order valence-electron chi connectivity index (χ2n) is 22.3. The quantitative estimate of drug-likeness (QED) is 0.0195. The number of hydrogen-bond donors (Lipinski definition) is 0. The minimum atomic E-state index is -1.64. The minimum Gasteiger partial charge on any atom is -0.545 e. The maximum Gasteiger partial charge on any atom is 0.306 e. The summed E-state index contributed by atoms with van der Waals surface area (Å²) in [6, 6.07) is 0. The van der Waals surface area contributed by atoms with Crippen LogP contribution in [0.2, 0.25) is 0 Å².